The lowest BCUT2D eigenvalue weighted by molar-refractivity contribution is -0.0643. The number of hydrogen-bond donors (Lipinski definition) is 2. The lowest BCUT2D eigenvalue weighted by Gasteiger charge is -2.42. The molecule has 2 aromatic rings. The third-order valence-electron chi connectivity index (χ3n) is 4.48. The summed E-state index contributed by atoms with van der Waals surface area (Å²) in [7, 11) is 0. The third kappa shape index (κ3) is 3.16. The average Bonchev–Trinajstić information content (AvgIpc) is 2.53. The number of aliphatic hydroxyl groups is 1. The molecule has 1 aromatic heterocycles. The Morgan fingerprint density at radius 2 is 1.87 bits per heavy atom. The van der Waals surface area contributed by atoms with E-state index in [1.165, 1.54) is 12.8 Å². The molecule has 0 amide bonds. The molecule has 23 heavy (non-hydrogen) atoms. The molecular formula is C18H25N3O2. The summed E-state index contributed by atoms with van der Waals surface area (Å²) in [5, 5.41) is 14.3. The van der Waals surface area contributed by atoms with Crippen molar-refractivity contribution in [2.45, 2.75) is 57.8 Å². The second kappa shape index (κ2) is 6.42. The third-order valence-corrected chi connectivity index (χ3v) is 4.48. The molecule has 0 fully saturated rings. The zero-order chi connectivity index (χ0) is 16.4. The Labute approximate surface area is 137 Å². The van der Waals surface area contributed by atoms with Crippen LogP contribution in [0.2, 0.25) is 0 Å². The van der Waals surface area contributed by atoms with Gasteiger partial charge in [0.05, 0.1) is 17.1 Å². The molecule has 2 unspecified atom stereocenters. The van der Waals surface area contributed by atoms with Gasteiger partial charge in [-0.1, -0.05) is 19.8 Å². The molecule has 5 heteroatoms. The van der Waals surface area contributed by atoms with E-state index in [-0.39, 0.29) is 6.04 Å². The SMILES string of the molecule is CCCCCNC1c2cc3nccnc3cc2OC(C)(C)C1O. The van der Waals surface area contributed by atoms with Crippen LogP contribution >= 0.6 is 0 Å². The van der Waals surface area contributed by atoms with Gasteiger partial charge in [0.2, 0.25) is 0 Å². The van der Waals surface area contributed by atoms with Gasteiger partial charge in [-0.3, -0.25) is 9.97 Å². The highest BCUT2D eigenvalue weighted by molar-refractivity contribution is 5.77. The monoisotopic (exact) mass is 315 g/mol. The van der Waals surface area contributed by atoms with Gasteiger partial charge in [-0.05, 0) is 32.9 Å². The summed E-state index contributed by atoms with van der Waals surface area (Å²) in [5.74, 6) is 0.779. The highest BCUT2D eigenvalue weighted by Crippen LogP contribution is 2.41. The van der Waals surface area contributed by atoms with Gasteiger partial charge < -0.3 is 15.2 Å². The van der Waals surface area contributed by atoms with Crippen molar-refractivity contribution in [3.8, 4) is 5.75 Å². The molecule has 0 bridgehead atoms. The topological polar surface area (TPSA) is 67.3 Å². The number of unbranched alkanes of at least 4 members (excludes halogenated alkanes) is 2. The molecule has 1 aliphatic rings. The van der Waals surface area contributed by atoms with Crippen molar-refractivity contribution in [2.24, 2.45) is 0 Å². The quantitative estimate of drug-likeness (QED) is 0.830. The maximum atomic E-state index is 10.7. The van der Waals surface area contributed by atoms with Crippen molar-refractivity contribution >= 4 is 11.0 Å². The van der Waals surface area contributed by atoms with Crippen LogP contribution in [0, 0.1) is 0 Å². The summed E-state index contributed by atoms with van der Waals surface area (Å²) >= 11 is 0. The molecule has 0 saturated heterocycles. The van der Waals surface area contributed by atoms with E-state index < -0.39 is 11.7 Å². The highest BCUT2D eigenvalue weighted by atomic mass is 16.5. The van der Waals surface area contributed by atoms with E-state index in [0.29, 0.717) is 0 Å². The number of aliphatic hydroxyl groups excluding tert-OH is 1. The first-order valence-corrected chi connectivity index (χ1v) is 8.38. The Balaban J connectivity index is 1.96. The zero-order valence-electron chi connectivity index (χ0n) is 14.0. The maximum absolute atomic E-state index is 10.7. The number of aromatic nitrogens is 2. The second-order valence-electron chi connectivity index (χ2n) is 6.72. The molecule has 1 aliphatic heterocycles. The van der Waals surface area contributed by atoms with Crippen molar-refractivity contribution in [3.05, 3.63) is 30.1 Å². The van der Waals surface area contributed by atoms with Gasteiger partial charge in [-0.2, -0.15) is 0 Å². The van der Waals surface area contributed by atoms with E-state index in [4.69, 9.17) is 4.74 Å². The number of benzene rings is 1. The maximum Gasteiger partial charge on any atom is 0.131 e. The lowest BCUT2D eigenvalue weighted by Crippen LogP contribution is -2.52. The van der Waals surface area contributed by atoms with Gasteiger partial charge in [0.25, 0.3) is 0 Å². The minimum absolute atomic E-state index is 0.156. The Morgan fingerprint density at radius 3 is 2.57 bits per heavy atom. The smallest absolute Gasteiger partial charge is 0.131 e. The fourth-order valence-corrected chi connectivity index (χ4v) is 3.11. The van der Waals surface area contributed by atoms with Gasteiger partial charge in [0.15, 0.2) is 0 Å². The molecule has 2 N–H and O–H groups in total. The number of ether oxygens (including phenoxy) is 1. The normalized spacial score (nSPS) is 22.6. The predicted octanol–water partition coefficient (Wildman–Crippen LogP) is 2.98. The Hall–Kier alpha value is -1.72. The number of hydrogen-bond acceptors (Lipinski definition) is 5. The van der Waals surface area contributed by atoms with Crippen LogP contribution in [-0.2, 0) is 0 Å². The lowest BCUT2D eigenvalue weighted by atomic mass is 9.86. The molecule has 0 radical (unpaired) electrons. The van der Waals surface area contributed by atoms with Crippen LogP contribution in [0.25, 0.3) is 11.0 Å². The molecule has 0 saturated carbocycles. The molecule has 2 atom stereocenters. The van der Waals surface area contributed by atoms with Crippen LogP contribution in [-0.4, -0.2) is 33.3 Å². The Kier molecular flexibility index (Phi) is 4.50. The largest absolute Gasteiger partial charge is 0.485 e. The van der Waals surface area contributed by atoms with E-state index in [0.717, 1.165) is 35.3 Å². The van der Waals surface area contributed by atoms with Crippen molar-refractivity contribution in [2.75, 3.05) is 6.54 Å². The van der Waals surface area contributed by atoms with E-state index in [2.05, 4.69) is 22.2 Å². The molecule has 0 spiro atoms. The van der Waals surface area contributed by atoms with E-state index >= 15 is 0 Å². The molecule has 0 aliphatic carbocycles. The van der Waals surface area contributed by atoms with Crippen LogP contribution in [0.5, 0.6) is 5.75 Å². The first-order valence-electron chi connectivity index (χ1n) is 8.38. The summed E-state index contributed by atoms with van der Waals surface area (Å²) in [6.45, 7) is 6.90. The molecule has 1 aromatic carbocycles. The fourth-order valence-electron chi connectivity index (χ4n) is 3.11. The van der Waals surface area contributed by atoms with Gasteiger partial charge in [-0.15, -0.1) is 0 Å². The van der Waals surface area contributed by atoms with Gasteiger partial charge in [0.1, 0.15) is 17.5 Å². The molecule has 124 valence electrons. The number of nitrogens with one attached hydrogen (secondary N) is 1. The number of nitrogens with zero attached hydrogens (tertiary/aromatic N) is 2. The van der Waals surface area contributed by atoms with Crippen molar-refractivity contribution in [3.63, 3.8) is 0 Å². The minimum Gasteiger partial charge on any atom is -0.485 e. The standard InChI is InChI=1S/C18H25N3O2/c1-4-5-6-7-21-16-12-10-13-14(20-9-8-19-13)11-15(12)23-18(2,3)17(16)22/h8-11,16-17,21-22H,4-7H2,1-3H3. The van der Waals surface area contributed by atoms with Crippen LogP contribution < -0.4 is 10.1 Å². The molecular weight excluding hydrogens is 290 g/mol. The fraction of sp³-hybridized carbons (Fsp3) is 0.556. The molecule has 2 heterocycles. The second-order valence-corrected chi connectivity index (χ2v) is 6.72. The Bertz CT molecular complexity index is 687. The average molecular weight is 315 g/mol. The van der Waals surface area contributed by atoms with Crippen LogP contribution in [0.1, 0.15) is 51.6 Å². The van der Waals surface area contributed by atoms with Crippen molar-refractivity contribution < 1.29 is 9.84 Å². The summed E-state index contributed by atoms with van der Waals surface area (Å²) in [6, 6.07) is 3.75. The predicted molar refractivity (Wildman–Crippen MR) is 90.5 cm³/mol. The highest BCUT2D eigenvalue weighted by Gasteiger charge is 2.42. The Morgan fingerprint density at radius 1 is 1.17 bits per heavy atom. The van der Waals surface area contributed by atoms with E-state index in [1.54, 1.807) is 12.4 Å². The van der Waals surface area contributed by atoms with Gasteiger partial charge in [0, 0.05) is 24.0 Å². The summed E-state index contributed by atoms with van der Waals surface area (Å²) < 4.78 is 6.04. The van der Waals surface area contributed by atoms with Gasteiger partial charge >= 0.3 is 0 Å². The zero-order valence-corrected chi connectivity index (χ0v) is 14.0. The summed E-state index contributed by atoms with van der Waals surface area (Å²) in [5.41, 5.74) is 1.94. The number of fused-ring (bicyclic) bond motifs is 2. The van der Waals surface area contributed by atoms with E-state index in [9.17, 15) is 5.11 Å². The number of rotatable bonds is 5. The molecule has 3 rings (SSSR count). The minimum atomic E-state index is -0.648. The van der Waals surface area contributed by atoms with Gasteiger partial charge in [-0.25, -0.2) is 0 Å². The summed E-state index contributed by atoms with van der Waals surface area (Å²) in [6.07, 6.45) is 6.21. The van der Waals surface area contributed by atoms with Crippen LogP contribution in [0.4, 0.5) is 0 Å². The molecule has 5 nitrogen and oxygen atoms in total. The van der Waals surface area contributed by atoms with Crippen LogP contribution in [0.3, 0.4) is 0 Å². The first kappa shape index (κ1) is 16.1. The van der Waals surface area contributed by atoms with Crippen molar-refractivity contribution in [1.29, 1.82) is 0 Å². The summed E-state index contributed by atoms with van der Waals surface area (Å²) in [4.78, 5) is 8.71. The van der Waals surface area contributed by atoms with E-state index in [1.807, 2.05) is 26.0 Å². The van der Waals surface area contributed by atoms with Crippen LogP contribution in [0.15, 0.2) is 24.5 Å². The van der Waals surface area contributed by atoms with Crippen molar-refractivity contribution in [1.82, 2.24) is 15.3 Å². The first-order chi connectivity index (χ1) is 11.0.